The van der Waals surface area contributed by atoms with Crippen LogP contribution in [0.15, 0.2) is 73.0 Å². The van der Waals surface area contributed by atoms with Gasteiger partial charge in [0, 0.05) is 12.0 Å². The molecule has 1 aromatic carbocycles. The first kappa shape index (κ1) is 19.4. The van der Waals surface area contributed by atoms with Crippen molar-refractivity contribution in [3.63, 3.8) is 0 Å². The van der Waals surface area contributed by atoms with Crippen molar-refractivity contribution >= 4 is 53.1 Å². The molecule has 0 aliphatic carbocycles. The lowest BCUT2D eigenvalue weighted by molar-refractivity contribution is -0.118. The van der Waals surface area contributed by atoms with Gasteiger partial charge in [-0.05, 0) is 29.8 Å². The summed E-state index contributed by atoms with van der Waals surface area (Å²) in [5, 5.41) is 12.1. The normalized spacial score (nSPS) is 11.4. The Morgan fingerprint density at radius 3 is 2.74 bits per heavy atom. The molecule has 3 aromatic rings. The minimum atomic E-state index is -0.198. The Morgan fingerprint density at radius 1 is 1.15 bits per heavy atom. The van der Waals surface area contributed by atoms with Crippen LogP contribution in [-0.4, -0.2) is 28.1 Å². The van der Waals surface area contributed by atoms with Crippen molar-refractivity contribution in [1.82, 2.24) is 15.6 Å². The molecule has 6 nitrogen and oxygen atoms in total. The fraction of sp³-hybridized carbons (Fsp3) is 0.111. The van der Waals surface area contributed by atoms with E-state index in [-0.39, 0.29) is 11.7 Å². The van der Waals surface area contributed by atoms with E-state index in [1.807, 2.05) is 24.3 Å². The van der Waals surface area contributed by atoms with Crippen LogP contribution in [0.1, 0.15) is 11.3 Å². The second-order valence-electron chi connectivity index (χ2n) is 5.08. The Morgan fingerprint density at radius 2 is 1.96 bits per heavy atom. The van der Waals surface area contributed by atoms with Crippen LogP contribution in [0.25, 0.3) is 6.08 Å². The molecule has 0 atom stereocenters. The summed E-state index contributed by atoms with van der Waals surface area (Å²) in [5.41, 5.74) is 3.71. The average molecular weight is 417 g/mol. The van der Waals surface area contributed by atoms with Crippen LogP contribution in [0.3, 0.4) is 0 Å². The highest BCUT2D eigenvalue weighted by Gasteiger charge is 2.08. The zero-order valence-electron chi connectivity index (χ0n) is 14.1. The molecule has 1 N–H and O–H groups in total. The number of nitrogens with zero attached hydrogens (tertiary/aromatic N) is 3. The molecule has 1 amide bonds. The minimum absolute atomic E-state index is 0.198. The first-order chi connectivity index (χ1) is 13.3. The summed E-state index contributed by atoms with van der Waals surface area (Å²) in [7, 11) is 0. The largest absolute Gasteiger partial charge is 0.465 e. The van der Waals surface area contributed by atoms with Gasteiger partial charge in [-0.15, -0.1) is 10.2 Å². The van der Waals surface area contributed by atoms with Crippen molar-refractivity contribution in [2.45, 2.75) is 14.4 Å². The molecule has 0 radical (unpaired) electrons. The predicted octanol–water partition coefficient (Wildman–Crippen LogP) is 4.33. The molecule has 2 aromatic heterocycles. The van der Waals surface area contributed by atoms with Gasteiger partial charge in [-0.2, -0.15) is 5.10 Å². The summed E-state index contributed by atoms with van der Waals surface area (Å²) in [6.45, 7) is 0. The van der Waals surface area contributed by atoms with Crippen LogP contribution in [0.5, 0.6) is 0 Å². The summed E-state index contributed by atoms with van der Waals surface area (Å²) < 4.78 is 6.80. The van der Waals surface area contributed by atoms with Crippen LogP contribution in [0, 0.1) is 0 Å². The van der Waals surface area contributed by atoms with E-state index in [1.165, 1.54) is 34.9 Å². The van der Waals surface area contributed by atoms with E-state index in [9.17, 15) is 4.79 Å². The van der Waals surface area contributed by atoms with E-state index >= 15 is 0 Å². The third-order valence-electron chi connectivity index (χ3n) is 3.07. The van der Waals surface area contributed by atoms with Gasteiger partial charge in [0.15, 0.2) is 8.68 Å². The van der Waals surface area contributed by atoms with Crippen LogP contribution >= 0.6 is 34.9 Å². The number of aromatic nitrogens is 2. The van der Waals surface area contributed by atoms with Gasteiger partial charge in [0.05, 0.1) is 12.0 Å². The van der Waals surface area contributed by atoms with E-state index in [4.69, 9.17) is 4.42 Å². The minimum Gasteiger partial charge on any atom is -0.465 e. The number of rotatable bonds is 9. The summed E-state index contributed by atoms with van der Waals surface area (Å²) in [6, 6.07) is 13.8. The number of nitrogens with one attached hydrogen (secondary N) is 1. The fourth-order valence-electron chi connectivity index (χ4n) is 1.87. The molecular formula is C18H16N4O2S3. The number of carbonyl (C=O) groups is 1. The molecule has 2 heterocycles. The number of amides is 1. The summed E-state index contributed by atoms with van der Waals surface area (Å²) >= 11 is 4.47. The highest BCUT2D eigenvalue weighted by Crippen LogP contribution is 2.30. The quantitative estimate of drug-likeness (QED) is 0.318. The molecule has 0 saturated carbocycles. The van der Waals surface area contributed by atoms with E-state index in [1.54, 1.807) is 36.2 Å². The van der Waals surface area contributed by atoms with Gasteiger partial charge < -0.3 is 4.42 Å². The van der Waals surface area contributed by atoms with Crippen LogP contribution in [0.4, 0.5) is 0 Å². The SMILES string of the molecule is O=C(CSc1nnc(SCc2ccccc2)s1)NN=C/C=C/c1ccco1. The monoisotopic (exact) mass is 416 g/mol. The number of hydrazone groups is 1. The van der Waals surface area contributed by atoms with E-state index in [0.717, 1.165) is 20.2 Å². The summed E-state index contributed by atoms with van der Waals surface area (Å²) in [5.74, 6) is 1.61. The Hall–Kier alpha value is -2.36. The number of hydrogen-bond acceptors (Lipinski definition) is 8. The fourth-order valence-corrected chi connectivity index (χ4v) is 4.64. The average Bonchev–Trinajstić information content (AvgIpc) is 3.37. The molecule has 0 aliphatic heterocycles. The van der Waals surface area contributed by atoms with Gasteiger partial charge in [-0.3, -0.25) is 4.79 Å². The Labute approximate surface area is 169 Å². The van der Waals surface area contributed by atoms with E-state index < -0.39 is 0 Å². The highest BCUT2D eigenvalue weighted by molar-refractivity contribution is 8.03. The lowest BCUT2D eigenvalue weighted by Gasteiger charge is -1.97. The van der Waals surface area contributed by atoms with Crippen molar-refractivity contribution < 1.29 is 9.21 Å². The third kappa shape index (κ3) is 7.05. The maximum atomic E-state index is 11.8. The second-order valence-corrected chi connectivity index (χ2v) is 8.51. The standard InChI is InChI=1S/C18H16N4O2S3/c23-16(20-19-10-4-8-15-9-5-11-24-15)13-26-18-22-21-17(27-18)25-12-14-6-2-1-3-7-14/h1-11H,12-13H2,(H,20,23)/b8-4+,19-10?. The van der Waals surface area contributed by atoms with Crippen molar-refractivity contribution in [1.29, 1.82) is 0 Å². The molecule has 0 unspecified atom stereocenters. The maximum Gasteiger partial charge on any atom is 0.250 e. The van der Waals surface area contributed by atoms with E-state index in [2.05, 4.69) is 32.9 Å². The molecule has 0 spiro atoms. The van der Waals surface area contributed by atoms with Crippen LogP contribution in [0.2, 0.25) is 0 Å². The third-order valence-corrected chi connectivity index (χ3v) is 6.33. The lowest BCUT2D eigenvalue weighted by atomic mass is 10.2. The van der Waals surface area contributed by atoms with Crippen LogP contribution < -0.4 is 5.43 Å². The molecule has 138 valence electrons. The molecular weight excluding hydrogens is 400 g/mol. The van der Waals surface area contributed by atoms with Gasteiger partial charge in [-0.25, -0.2) is 5.43 Å². The Bertz CT molecular complexity index is 892. The van der Waals surface area contributed by atoms with Gasteiger partial charge in [0.2, 0.25) is 0 Å². The highest BCUT2D eigenvalue weighted by atomic mass is 32.2. The smallest absolute Gasteiger partial charge is 0.250 e. The number of allylic oxidation sites excluding steroid dienone is 1. The zero-order chi connectivity index (χ0) is 18.7. The number of carbonyl (C=O) groups excluding carboxylic acids is 1. The second kappa shape index (κ2) is 10.7. The molecule has 0 bridgehead atoms. The Balaban J connectivity index is 1.36. The van der Waals surface area contributed by atoms with Crippen molar-refractivity contribution in [2.24, 2.45) is 5.10 Å². The predicted molar refractivity (Wildman–Crippen MR) is 111 cm³/mol. The summed E-state index contributed by atoms with van der Waals surface area (Å²) in [6.07, 6.45) is 6.52. The molecule has 0 fully saturated rings. The number of hydrogen-bond donors (Lipinski definition) is 1. The number of benzene rings is 1. The van der Waals surface area contributed by atoms with Gasteiger partial charge in [0.1, 0.15) is 5.76 Å². The van der Waals surface area contributed by atoms with Crippen molar-refractivity contribution in [3.05, 3.63) is 66.1 Å². The topological polar surface area (TPSA) is 80.4 Å². The number of thioether (sulfide) groups is 2. The zero-order valence-corrected chi connectivity index (χ0v) is 16.6. The molecule has 0 saturated heterocycles. The maximum absolute atomic E-state index is 11.8. The summed E-state index contributed by atoms with van der Waals surface area (Å²) in [4.78, 5) is 11.8. The molecule has 27 heavy (non-hydrogen) atoms. The van der Waals surface area contributed by atoms with Crippen molar-refractivity contribution in [2.75, 3.05) is 5.75 Å². The lowest BCUT2D eigenvalue weighted by Crippen LogP contribution is -2.19. The Kier molecular flexibility index (Phi) is 7.69. The molecule has 0 aliphatic rings. The molecule has 9 heteroatoms. The van der Waals surface area contributed by atoms with Crippen molar-refractivity contribution in [3.8, 4) is 0 Å². The number of furan rings is 1. The van der Waals surface area contributed by atoms with E-state index in [0.29, 0.717) is 0 Å². The molecule has 3 rings (SSSR count). The van der Waals surface area contributed by atoms with Gasteiger partial charge in [-0.1, -0.05) is 65.2 Å². The first-order valence-corrected chi connectivity index (χ1v) is 10.7. The van der Waals surface area contributed by atoms with Gasteiger partial charge >= 0.3 is 0 Å². The first-order valence-electron chi connectivity index (χ1n) is 7.95. The van der Waals surface area contributed by atoms with Gasteiger partial charge in [0.25, 0.3) is 5.91 Å². The van der Waals surface area contributed by atoms with Crippen LogP contribution in [-0.2, 0) is 10.5 Å².